The summed E-state index contributed by atoms with van der Waals surface area (Å²) in [5, 5.41) is 3.19. The molecule has 4 nitrogen and oxygen atoms in total. The summed E-state index contributed by atoms with van der Waals surface area (Å²) in [6.45, 7) is 3.55. The lowest BCUT2D eigenvalue weighted by Crippen LogP contribution is -2.17. The fourth-order valence-electron chi connectivity index (χ4n) is 1.31. The monoisotopic (exact) mass is 210 g/mol. The number of amides is 1. The predicted octanol–water partition coefficient (Wildman–Crippen LogP) is 1.20. The van der Waals surface area contributed by atoms with Gasteiger partial charge in [-0.25, -0.2) is 0 Å². The SMILES string of the molecule is CCc1ccc(CNCCCC(N)=O)o1. The van der Waals surface area contributed by atoms with E-state index in [1.165, 1.54) is 0 Å². The first-order chi connectivity index (χ1) is 7.22. The summed E-state index contributed by atoms with van der Waals surface area (Å²) in [5.41, 5.74) is 5.02. The van der Waals surface area contributed by atoms with Crippen molar-refractivity contribution in [3.8, 4) is 0 Å². The molecule has 1 amide bonds. The van der Waals surface area contributed by atoms with E-state index in [-0.39, 0.29) is 5.91 Å². The standard InChI is InChI=1S/C11H18N2O2/c1-2-9-5-6-10(15-9)8-13-7-3-4-11(12)14/h5-6,13H,2-4,7-8H2,1H3,(H2,12,14). The lowest BCUT2D eigenvalue weighted by molar-refractivity contribution is -0.118. The molecular formula is C11H18N2O2. The Bertz CT molecular complexity index is 307. The lowest BCUT2D eigenvalue weighted by Gasteiger charge is -2.00. The normalized spacial score (nSPS) is 10.5. The first-order valence-corrected chi connectivity index (χ1v) is 5.29. The molecule has 0 saturated carbocycles. The van der Waals surface area contributed by atoms with Crippen molar-refractivity contribution < 1.29 is 9.21 Å². The van der Waals surface area contributed by atoms with Crippen LogP contribution in [0.15, 0.2) is 16.5 Å². The average molecular weight is 210 g/mol. The second-order valence-corrected chi connectivity index (χ2v) is 3.47. The van der Waals surface area contributed by atoms with Crippen LogP contribution in [0.25, 0.3) is 0 Å². The minimum Gasteiger partial charge on any atom is -0.465 e. The fraction of sp³-hybridized carbons (Fsp3) is 0.545. The van der Waals surface area contributed by atoms with Crippen molar-refractivity contribution in [3.05, 3.63) is 23.7 Å². The van der Waals surface area contributed by atoms with Crippen LogP contribution in [0.3, 0.4) is 0 Å². The van der Waals surface area contributed by atoms with Crippen molar-refractivity contribution in [2.45, 2.75) is 32.7 Å². The second kappa shape index (κ2) is 6.24. The van der Waals surface area contributed by atoms with Crippen molar-refractivity contribution in [1.82, 2.24) is 5.32 Å². The Hall–Kier alpha value is -1.29. The minimum atomic E-state index is -0.247. The molecule has 15 heavy (non-hydrogen) atoms. The van der Waals surface area contributed by atoms with Gasteiger partial charge in [0.2, 0.25) is 5.91 Å². The number of carbonyl (C=O) groups excluding carboxylic acids is 1. The lowest BCUT2D eigenvalue weighted by atomic mass is 10.3. The Labute approximate surface area is 89.8 Å². The van der Waals surface area contributed by atoms with Crippen LogP contribution in [-0.2, 0) is 17.8 Å². The fourth-order valence-corrected chi connectivity index (χ4v) is 1.31. The maximum Gasteiger partial charge on any atom is 0.217 e. The highest BCUT2D eigenvalue weighted by molar-refractivity contribution is 5.73. The molecule has 0 radical (unpaired) electrons. The molecule has 0 aromatic carbocycles. The van der Waals surface area contributed by atoms with Crippen molar-refractivity contribution in [2.24, 2.45) is 5.73 Å². The van der Waals surface area contributed by atoms with Crippen LogP contribution in [0, 0.1) is 0 Å². The Morgan fingerprint density at radius 3 is 2.80 bits per heavy atom. The molecule has 0 fully saturated rings. The first-order valence-electron chi connectivity index (χ1n) is 5.29. The Morgan fingerprint density at radius 1 is 1.47 bits per heavy atom. The molecule has 1 aromatic rings. The van der Waals surface area contributed by atoms with Crippen LogP contribution in [0.5, 0.6) is 0 Å². The van der Waals surface area contributed by atoms with E-state index in [1.54, 1.807) is 0 Å². The minimum absolute atomic E-state index is 0.247. The largest absolute Gasteiger partial charge is 0.465 e. The summed E-state index contributed by atoms with van der Waals surface area (Å²) >= 11 is 0. The van der Waals surface area contributed by atoms with E-state index in [0.717, 1.165) is 30.9 Å². The smallest absolute Gasteiger partial charge is 0.217 e. The molecule has 0 spiro atoms. The third kappa shape index (κ3) is 4.65. The highest BCUT2D eigenvalue weighted by atomic mass is 16.3. The Morgan fingerprint density at radius 2 is 2.20 bits per heavy atom. The van der Waals surface area contributed by atoms with Gasteiger partial charge < -0.3 is 15.5 Å². The van der Waals surface area contributed by atoms with E-state index in [4.69, 9.17) is 10.2 Å². The highest BCUT2D eigenvalue weighted by Gasteiger charge is 1.99. The number of rotatable bonds is 7. The topological polar surface area (TPSA) is 68.3 Å². The van der Waals surface area contributed by atoms with Gasteiger partial charge >= 0.3 is 0 Å². The molecule has 1 rings (SSSR count). The zero-order valence-electron chi connectivity index (χ0n) is 9.08. The van der Waals surface area contributed by atoms with Gasteiger partial charge in [-0.05, 0) is 25.1 Å². The van der Waals surface area contributed by atoms with E-state index < -0.39 is 0 Å². The molecule has 0 aliphatic carbocycles. The van der Waals surface area contributed by atoms with E-state index in [0.29, 0.717) is 13.0 Å². The molecule has 0 saturated heterocycles. The molecule has 0 unspecified atom stereocenters. The Balaban J connectivity index is 2.12. The van der Waals surface area contributed by atoms with Gasteiger partial charge in [0.05, 0.1) is 6.54 Å². The van der Waals surface area contributed by atoms with Crippen LogP contribution in [0.4, 0.5) is 0 Å². The number of primary amides is 1. The van der Waals surface area contributed by atoms with E-state index in [1.807, 2.05) is 12.1 Å². The molecule has 0 aliphatic heterocycles. The molecule has 0 aliphatic rings. The Kier molecular flexibility index (Phi) is 4.90. The maximum absolute atomic E-state index is 10.5. The van der Waals surface area contributed by atoms with Crippen LogP contribution in [0.1, 0.15) is 31.3 Å². The van der Waals surface area contributed by atoms with Gasteiger partial charge in [0, 0.05) is 12.8 Å². The van der Waals surface area contributed by atoms with Crippen molar-refractivity contribution in [3.63, 3.8) is 0 Å². The summed E-state index contributed by atoms with van der Waals surface area (Å²) in [6.07, 6.45) is 2.13. The van der Waals surface area contributed by atoms with Crippen molar-refractivity contribution in [1.29, 1.82) is 0 Å². The maximum atomic E-state index is 10.5. The predicted molar refractivity (Wildman–Crippen MR) is 58.2 cm³/mol. The van der Waals surface area contributed by atoms with Gasteiger partial charge in [-0.15, -0.1) is 0 Å². The zero-order chi connectivity index (χ0) is 11.1. The van der Waals surface area contributed by atoms with Crippen LogP contribution < -0.4 is 11.1 Å². The number of carbonyl (C=O) groups is 1. The zero-order valence-corrected chi connectivity index (χ0v) is 9.08. The van der Waals surface area contributed by atoms with Crippen LogP contribution in [0.2, 0.25) is 0 Å². The van der Waals surface area contributed by atoms with Gasteiger partial charge in [-0.1, -0.05) is 6.92 Å². The van der Waals surface area contributed by atoms with Gasteiger partial charge in [0.1, 0.15) is 11.5 Å². The molecule has 4 heteroatoms. The molecular weight excluding hydrogens is 192 g/mol. The summed E-state index contributed by atoms with van der Waals surface area (Å²) in [6, 6.07) is 3.96. The molecule has 1 aromatic heterocycles. The molecule has 3 N–H and O–H groups in total. The van der Waals surface area contributed by atoms with E-state index in [9.17, 15) is 4.79 Å². The summed E-state index contributed by atoms with van der Waals surface area (Å²) in [7, 11) is 0. The number of furan rings is 1. The van der Waals surface area contributed by atoms with Crippen molar-refractivity contribution >= 4 is 5.91 Å². The molecule has 1 heterocycles. The van der Waals surface area contributed by atoms with Crippen LogP contribution in [-0.4, -0.2) is 12.5 Å². The number of hydrogen-bond acceptors (Lipinski definition) is 3. The first kappa shape index (κ1) is 11.8. The number of hydrogen-bond donors (Lipinski definition) is 2. The van der Waals surface area contributed by atoms with Crippen LogP contribution >= 0.6 is 0 Å². The van der Waals surface area contributed by atoms with Gasteiger partial charge in [0.25, 0.3) is 0 Å². The van der Waals surface area contributed by atoms with Crippen molar-refractivity contribution in [2.75, 3.05) is 6.54 Å². The third-order valence-corrected chi connectivity index (χ3v) is 2.14. The molecule has 0 bridgehead atoms. The van der Waals surface area contributed by atoms with Gasteiger partial charge in [-0.2, -0.15) is 0 Å². The highest BCUT2D eigenvalue weighted by Crippen LogP contribution is 2.07. The third-order valence-electron chi connectivity index (χ3n) is 2.14. The number of aryl methyl sites for hydroxylation is 1. The second-order valence-electron chi connectivity index (χ2n) is 3.47. The van der Waals surface area contributed by atoms with Gasteiger partial charge in [-0.3, -0.25) is 4.79 Å². The summed E-state index contributed by atoms with van der Waals surface area (Å²) in [4.78, 5) is 10.5. The molecule has 0 atom stereocenters. The van der Waals surface area contributed by atoms with E-state index >= 15 is 0 Å². The van der Waals surface area contributed by atoms with E-state index in [2.05, 4.69) is 12.2 Å². The number of nitrogens with two attached hydrogens (primary N) is 1. The summed E-state index contributed by atoms with van der Waals surface area (Å²) < 4.78 is 5.51. The average Bonchev–Trinajstić information content (AvgIpc) is 2.65. The quantitative estimate of drug-likeness (QED) is 0.664. The number of nitrogens with one attached hydrogen (secondary N) is 1. The molecule has 84 valence electrons. The summed E-state index contributed by atoms with van der Waals surface area (Å²) in [5.74, 6) is 1.69. The van der Waals surface area contributed by atoms with Gasteiger partial charge in [0.15, 0.2) is 0 Å².